The smallest absolute Gasteiger partial charge is 0.351 e. The summed E-state index contributed by atoms with van der Waals surface area (Å²) in [6.07, 6.45) is 0.325. The zero-order chi connectivity index (χ0) is 12.2. The highest BCUT2D eigenvalue weighted by Gasteiger charge is 2.30. The standard InChI is InChI=1S/C11H15NO4/c1-16-9-4-2-3-8(7-9)5-6-11(12,15)10(13)14/h2-4,7,15H,5-6,12H2,1H3,(H,13,14). The average Bonchev–Trinajstić information content (AvgIpc) is 2.26. The minimum absolute atomic E-state index is 0.0461. The van der Waals surface area contributed by atoms with Gasteiger partial charge < -0.3 is 14.9 Å². The molecule has 0 radical (unpaired) electrons. The number of carboxylic acid groups (broad SMARTS) is 1. The fourth-order valence-electron chi connectivity index (χ4n) is 1.27. The van der Waals surface area contributed by atoms with Crippen molar-refractivity contribution >= 4 is 5.97 Å². The van der Waals surface area contributed by atoms with Crippen LogP contribution in [0.2, 0.25) is 0 Å². The lowest BCUT2D eigenvalue weighted by atomic mass is 10.0. The van der Waals surface area contributed by atoms with Gasteiger partial charge in [0.1, 0.15) is 5.75 Å². The Balaban J connectivity index is 2.64. The number of benzene rings is 1. The summed E-state index contributed by atoms with van der Waals surface area (Å²) < 4.78 is 5.02. The monoisotopic (exact) mass is 225 g/mol. The van der Waals surface area contributed by atoms with Crippen molar-refractivity contribution in [2.75, 3.05) is 7.11 Å². The van der Waals surface area contributed by atoms with Crippen molar-refractivity contribution in [1.29, 1.82) is 0 Å². The lowest BCUT2D eigenvalue weighted by Gasteiger charge is -2.17. The molecule has 5 heteroatoms. The molecular formula is C11H15NO4. The van der Waals surface area contributed by atoms with Gasteiger partial charge in [-0.15, -0.1) is 0 Å². The van der Waals surface area contributed by atoms with Crippen molar-refractivity contribution in [1.82, 2.24) is 0 Å². The Morgan fingerprint density at radius 1 is 1.56 bits per heavy atom. The van der Waals surface area contributed by atoms with Gasteiger partial charge in [0.15, 0.2) is 0 Å². The summed E-state index contributed by atoms with van der Waals surface area (Å²) in [6.45, 7) is 0. The van der Waals surface area contributed by atoms with Gasteiger partial charge in [-0.1, -0.05) is 12.1 Å². The highest BCUT2D eigenvalue weighted by Crippen LogP contribution is 2.16. The first kappa shape index (κ1) is 12.5. The molecule has 0 aromatic heterocycles. The third kappa shape index (κ3) is 3.22. The second-order valence-corrected chi connectivity index (χ2v) is 3.58. The molecule has 0 aliphatic rings. The third-order valence-corrected chi connectivity index (χ3v) is 2.30. The van der Waals surface area contributed by atoms with Crippen molar-refractivity contribution in [3.8, 4) is 5.75 Å². The van der Waals surface area contributed by atoms with Crippen LogP contribution in [0, 0.1) is 0 Å². The Hall–Kier alpha value is -1.59. The van der Waals surface area contributed by atoms with Crippen LogP contribution in [0.4, 0.5) is 0 Å². The van der Waals surface area contributed by atoms with E-state index in [2.05, 4.69) is 0 Å². The van der Waals surface area contributed by atoms with Crippen LogP contribution in [0.5, 0.6) is 5.75 Å². The van der Waals surface area contributed by atoms with Crippen LogP contribution in [0.3, 0.4) is 0 Å². The molecule has 0 aliphatic carbocycles. The lowest BCUT2D eigenvalue weighted by molar-refractivity contribution is -0.158. The third-order valence-electron chi connectivity index (χ3n) is 2.30. The zero-order valence-electron chi connectivity index (χ0n) is 9.01. The minimum atomic E-state index is -2.18. The van der Waals surface area contributed by atoms with E-state index < -0.39 is 11.7 Å². The molecule has 1 aromatic carbocycles. The maximum atomic E-state index is 10.6. The lowest BCUT2D eigenvalue weighted by Crippen LogP contribution is -2.48. The normalized spacial score (nSPS) is 14.2. The Morgan fingerprint density at radius 3 is 2.81 bits per heavy atom. The number of aliphatic hydroxyl groups is 1. The molecule has 16 heavy (non-hydrogen) atoms. The molecule has 1 rings (SSSR count). The predicted octanol–water partition coefficient (Wildman–Crippen LogP) is 0.360. The van der Waals surface area contributed by atoms with E-state index in [1.54, 1.807) is 25.3 Å². The van der Waals surface area contributed by atoms with Crippen molar-refractivity contribution < 1.29 is 19.7 Å². The fraction of sp³-hybridized carbons (Fsp3) is 0.364. The quantitative estimate of drug-likeness (QED) is 0.629. The van der Waals surface area contributed by atoms with Crippen molar-refractivity contribution in [2.24, 2.45) is 5.73 Å². The van der Waals surface area contributed by atoms with E-state index >= 15 is 0 Å². The first-order valence-electron chi connectivity index (χ1n) is 4.83. The molecule has 1 atom stereocenters. The molecule has 0 amide bonds. The van der Waals surface area contributed by atoms with E-state index in [-0.39, 0.29) is 6.42 Å². The molecule has 0 saturated carbocycles. The van der Waals surface area contributed by atoms with Crippen LogP contribution < -0.4 is 10.5 Å². The fourth-order valence-corrected chi connectivity index (χ4v) is 1.27. The van der Waals surface area contributed by atoms with Gasteiger partial charge in [0.25, 0.3) is 0 Å². The van der Waals surface area contributed by atoms with Gasteiger partial charge in [0.2, 0.25) is 5.72 Å². The summed E-state index contributed by atoms with van der Waals surface area (Å²) in [5, 5.41) is 17.9. The largest absolute Gasteiger partial charge is 0.497 e. The predicted molar refractivity (Wildman–Crippen MR) is 58.1 cm³/mol. The molecule has 0 heterocycles. The van der Waals surface area contributed by atoms with Crippen LogP contribution in [-0.2, 0) is 11.2 Å². The number of hydrogen-bond acceptors (Lipinski definition) is 4. The summed E-state index contributed by atoms with van der Waals surface area (Å²) in [7, 11) is 1.55. The summed E-state index contributed by atoms with van der Waals surface area (Å²) >= 11 is 0. The van der Waals surface area contributed by atoms with Crippen LogP contribution in [0.15, 0.2) is 24.3 Å². The van der Waals surface area contributed by atoms with Crippen LogP contribution >= 0.6 is 0 Å². The summed E-state index contributed by atoms with van der Waals surface area (Å²) in [5.41, 5.74) is 3.89. The highest BCUT2D eigenvalue weighted by molar-refractivity contribution is 5.76. The van der Waals surface area contributed by atoms with Gasteiger partial charge in [-0.2, -0.15) is 0 Å². The van der Waals surface area contributed by atoms with Crippen LogP contribution in [0.25, 0.3) is 0 Å². The second kappa shape index (κ2) is 4.96. The Bertz CT molecular complexity index is 376. The molecule has 4 N–H and O–H groups in total. The number of ether oxygens (including phenoxy) is 1. The van der Waals surface area contributed by atoms with E-state index in [0.29, 0.717) is 12.2 Å². The van der Waals surface area contributed by atoms with Crippen LogP contribution in [-0.4, -0.2) is 29.0 Å². The molecule has 0 bridgehead atoms. The van der Waals surface area contributed by atoms with Crippen molar-refractivity contribution in [3.05, 3.63) is 29.8 Å². The summed E-state index contributed by atoms with van der Waals surface area (Å²) in [6, 6.07) is 7.18. The first-order chi connectivity index (χ1) is 7.45. The summed E-state index contributed by atoms with van der Waals surface area (Å²) in [5.74, 6) is -0.733. The number of carbonyl (C=O) groups is 1. The molecule has 1 unspecified atom stereocenters. The Morgan fingerprint density at radius 2 is 2.25 bits per heavy atom. The maximum Gasteiger partial charge on any atom is 0.351 e. The van der Waals surface area contributed by atoms with Crippen molar-refractivity contribution in [3.63, 3.8) is 0 Å². The molecular weight excluding hydrogens is 210 g/mol. The molecule has 88 valence electrons. The van der Waals surface area contributed by atoms with Gasteiger partial charge in [-0.3, -0.25) is 5.73 Å². The molecule has 5 nitrogen and oxygen atoms in total. The van der Waals surface area contributed by atoms with Crippen LogP contribution in [0.1, 0.15) is 12.0 Å². The molecule has 1 aromatic rings. The number of aryl methyl sites for hydroxylation is 1. The Kier molecular flexibility index (Phi) is 3.87. The van der Waals surface area contributed by atoms with Gasteiger partial charge in [0, 0.05) is 6.42 Å². The number of nitrogens with two attached hydrogens (primary N) is 1. The number of carboxylic acids is 1. The van der Waals surface area contributed by atoms with Gasteiger partial charge >= 0.3 is 5.97 Å². The Labute approximate surface area is 93.5 Å². The van der Waals surface area contributed by atoms with E-state index in [4.69, 9.17) is 15.6 Å². The zero-order valence-corrected chi connectivity index (χ0v) is 9.01. The topological polar surface area (TPSA) is 92.8 Å². The number of methoxy groups -OCH3 is 1. The minimum Gasteiger partial charge on any atom is -0.497 e. The number of aliphatic carboxylic acids is 1. The maximum absolute atomic E-state index is 10.6. The van der Waals surface area contributed by atoms with E-state index in [1.807, 2.05) is 6.07 Å². The van der Waals surface area contributed by atoms with Crippen molar-refractivity contribution in [2.45, 2.75) is 18.6 Å². The average molecular weight is 225 g/mol. The number of rotatable bonds is 5. The van der Waals surface area contributed by atoms with E-state index in [1.165, 1.54) is 0 Å². The van der Waals surface area contributed by atoms with Gasteiger partial charge in [0.05, 0.1) is 7.11 Å². The molecule has 0 aliphatic heterocycles. The SMILES string of the molecule is COc1cccc(CCC(N)(O)C(=O)O)c1. The second-order valence-electron chi connectivity index (χ2n) is 3.58. The van der Waals surface area contributed by atoms with E-state index in [0.717, 1.165) is 5.56 Å². The highest BCUT2D eigenvalue weighted by atomic mass is 16.5. The van der Waals surface area contributed by atoms with E-state index in [9.17, 15) is 9.90 Å². The molecule has 0 spiro atoms. The molecule has 0 saturated heterocycles. The number of hydrogen-bond donors (Lipinski definition) is 3. The molecule has 0 fully saturated rings. The first-order valence-corrected chi connectivity index (χ1v) is 4.83. The van der Waals surface area contributed by atoms with Gasteiger partial charge in [-0.25, -0.2) is 4.79 Å². The summed E-state index contributed by atoms with van der Waals surface area (Å²) in [4.78, 5) is 10.6. The van der Waals surface area contributed by atoms with Gasteiger partial charge in [-0.05, 0) is 24.1 Å².